The van der Waals surface area contributed by atoms with E-state index in [1.807, 2.05) is 30.3 Å². The molecule has 120 valence electrons. The second-order valence-corrected chi connectivity index (χ2v) is 5.74. The predicted molar refractivity (Wildman–Crippen MR) is 89.9 cm³/mol. The lowest BCUT2D eigenvalue weighted by molar-refractivity contribution is -0.126. The van der Waals surface area contributed by atoms with Crippen LogP contribution in [0.2, 0.25) is 0 Å². The highest BCUT2D eigenvalue weighted by Gasteiger charge is 2.35. The lowest BCUT2D eigenvalue weighted by Gasteiger charge is -2.18. The molecule has 1 aliphatic heterocycles. The second kappa shape index (κ2) is 6.97. The molecule has 2 aromatic rings. The Hall–Kier alpha value is -3.13. The highest BCUT2D eigenvalue weighted by Crippen LogP contribution is 2.27. The van der Waals surface area contributed by atoms with E-state index < -0.39 is 5.92 Å². The van der Waals surface area contributed by atoms with Gasteiger partial charge in [-0.3, -0.25) is 9.59 Å². The van der Waals surface area contributed by atoms with Crippen LogP contribution in [0.1, 0.15) is 17.5 Å². The average molecular weight is 319 g/mol. The van der Waals surface area contributed by atoms with Crippen LogP contribution < -0.4 is 10.2 Å². The Morgan fingerprint density at radius 1 is 1.17 bits per heavy atom. The van der Waals surface area contributed by atoms with Crippen LogP contribution in [-0.2, 0) is 16.1 Å². The molecule has 0 aromatic heterocycles. The molecule has 1 saturated heterocycles. The summed E-state index contributed by atoms with van der Waals surface area (Å²) in [4.78, 5) is 26.1. The monoisotopic (exact) mass is 319 g/mol. The molecule has 5 heteroatoms. The molecule has 1 N–H and O–H groups in total. The molecular weight excluding hydrogens is 302 g/mol. The fraction of sp³-hybridized carbons (Fsp3) is 0.211. The standard InChI is InChI=1S/C19H17N3O2/c20-11-15-8-4-5-9-17(15)22-13-16(10-18(22)23)19(24)21-12-14-6-2-1-3-7-14/h1-9,16H,10,12-13H2,(H,21,24). The summed E-state index contributed by atoms with van der Waals surface area (Å²) >= 11 is 0. The number of carbonyl (C=O) groups is 2. The van der Waals surface area contributed by atoms with Crippen molar-refractivity contribution < 1.29 is 9.59 Å². The van der Waals surface area contributed by atoms with Crippen LogP contribution in [0.4, 0.5) is 5.69 Å². The summed E-state index contributed by atoms with van der Waals surface area (Å²) in [6.45, 7) is 0.747. The summed E-state index contributed by atoms with van der Waals surface area (Å²) < 4.78 is 0. The maximum atomic E-state index is 12.3. The first kappa shape index (κ1) is 15.8. The normalized spacial score (nSPS) is 16.7. The van der Waals surface area contributed by atoms with Crippen LogP contribution in [0, 0.1) is 17.2 Å². The molecule has 1 heterocycles. The van der Waals surface area contributed by atoms with Gasteiger partial charge in [0.2, 0.25) is 11.8 Å². The fourth-order valence-electron chi connectivity index (χ4n) is 2.85. The molecule has 1 fully saturated rings. The average Bonchev–Trinajstić information content (AvgIpc) is 3.02. The summed E-state index contributed by atoms with van der Waals surface area (Å²) in [6.07, 6.45) is 0.167. The van der Waals surface area contributed by atoms with Crippen LogP contribution >= 0.6 is 0 Å². The Labute approximate surface area is 140 Å². The first-order valence-corrected chi connectivity index (χ1v) is 7.80. The van der Waals surface area contributed by atoms with E-state index in [0.29, 0.717) is 24.3 Å². The van der Waals surface area contributed by atoms with Crippen molar-refractivity contribution in [1.82, 2.24) is 5.32 Å². The van der Waals surface area contributed by atoms with E-state index in [2.05, 4.69) is 11.4 Å². The molecule has 3 rings (SSSR count). The van der Waals surface area contributed by atoms with Crippen LogP contribution in [0.3, 0.4) is 0 Å². The quantitative estimate of drug-likeness (QED) is 0.939. The maximum absolute atomic E-state index is 12.3. The highest BCUT2D eigenvalue weighted by molar-refractivity contribution is 6.01. The number of hydrogen-bond acceptors (Lipinski definition) is 3. The van der Waals surface area contributed by atoms with Crippen molar-refractivity contribution in [3.05, 3.63) is 65.7 Å². The van der Waals surface area contributed by atoms with Crippen molar-refractivity contribution in [2.24, 2.45) is 5.92 Å². The Kier molecular flexibility index (Phi) is 4.57. The van der Waals surface area contributed by atoms with Crippen LogP contribution in [0.5, 0.6) is 0 Å². The van der Waals surface area contributed by atoms with E-state index in [9.17, 15) is 14.9 Å². The minimum atomic E-state index is -0.395. The Morgan fingerprint density at radius 2 is 1.88 bits per heavy atom. The number of nitriles is 1. The number of benzene rings is 2. The molecule has 1 unspecified atom stereocenters. The summed E-state index contributed by atoms with van der Waals surface area (Å²) in [5, 5.41) is 12.1. The van der Waals surface area contributed by atoms with Gasteiger partial charge in [-0.2, -0.15) is 5.26 Å². The number of nitrogens with zero attached hydrogens (tertiary/aromatic N) is 2. The topological polar surface area (TPSA) is 73.2 Å². The molecule has 1 aliphatic rings. The summed E-state index contributed by atoms with van der Waals surface area (Å²) in [5.41, 5.74) is 2.03. The Bertz CT molecular complexity index is 796. The molecule has 5 nitrogen and oxygen atoms in total. The molecule has 0 radical (unpaired) electrons. The molecule has 0 spiro atoms. The third kappa shape index (κ3) is 3.28. The van der Waals surface area contributed by atoms with E-state index in [4.69, 9.17) is 0 Å². The van der Waals surface area contributed by atoms with Gasteiger partial charge < -0.3 is 10.2 Å². The number of hydrogen-bond donors (Lipinski definition) is 1. The SMILES string of the molecule is N#Cc1ccccc1N1CC(C(=O)NCc2ccccc2)CC1=O. The Balaban J connectivity index is 1.66. The smallest absolute Gasteiger partial charge is 0.227 e. The van der Waals surface area contributed by atoms with Gasteiger partial charge in [-0.05, 0) is 17.7 Å². The van der Waals surface area contributed by atoms with Gasteiger partial charge in [0.05, 0.1) is 17.2 Å². The van der Waals surface area contributed by atoms with E-state index >= 15 is 0 Å². The number of amides is 2. The zero-order chi connectivity index (χ0) is 16.9. The third-order valence-electron chi connectivity index (χ3n) is 4.12. The molecular formula is C19H17N3O2. The molecule has 0 saturated carbocycles. The lowest BCUT2D eigenvalue weighted by Crippen LogP contribution is -2.32. The Morgan fingerprint density at radius 3 is 2.62 bits per heavy atom. The van der Waals surface area contributed by atoms with Crippen molar-refractivity contribution in [1.29, 1.82) is 5.26 Å². The van der Waals surface area contributed by atoms with Gasteiger partial charge in [-0.25, -0.2) is 0 Å². The van der Waals surface area contributed by atoms with Crippen LogP contribution in [0.15, 0.2) is 54.6 Å². The van der Waals surface area contributed by atoms with E-state index in [1.165, 1.54) is 4.90 Å². The third-order valence-corrected chi connectivity index (χ3v) is 4.12. The van der Waals surface area contributed by atoms with Crippen LogP contribution in [0.25, 0.3) is 0 Å². The molecule has 2 amide bonds. The van der Waals surface area contributed by atoms with Crippen molar-refractivity contribution in [3.8, 4) is 6.07 Å². The first-order chi connectivity index (χ1) is 11.7. The summed E-state index contributed by atoms with van der Waals surface area (Å²) in [5.74, 6) is -0.658. The van der Waals surface area contributed by atoms with Gasteiger partial charge >= 0.3 is 0 Å². The number of carbonyl (C=O) groups excluding carboxylic acids is 2. The van der Waals surface area contributed by atoms with E-state index in [1.54, 1.807) is 24.3 Å². The highest BCUT2D eigenvalue weighted by atomic mass is 16.2. The largest absolute Gasteiger partial charge is 0.352 e. The molecule has 2 aromatic carbocycles. The number of rotatable bonds is 4. The molecule has 0 bridgehead atoms. The fourth-order valence-corrected chi connectivity index (χ4v) is 2.85. The van der Waals surface area contributed by atoms with Gasteiger partial charge in [0.1, 0.15) is 6.07 Å². The first-order valence-electron chi connectivity index (χ1n) is 7.80. The number of anilines is 1. The van der Waals surface area contributed by atoms with E-state index in [-0.39, 0.29) is 18.2 Å². The molecule has 0 aliphatic carbocycles. The zero-order valence-electron chi connectivity index (χ0n) is 13.1. The summed E-state index contributed by atoms with van der Waals surface area (Å²) in [7, 11) is 0. The van der Waals surface area contributed by atoms with Crippen molar-refractivity contribution >= 4 is 17.5 Å². The van der Waals surface area contributed by atoms with Gasteiger partial charge in [0, 0.05) is 19.5 Å². The van der Waals surface area contributed by atoms with Gasteiger partial charge in [-0.1, -0.05) is 42.5 Å². The predicted octanol–water partition coefficient (Wildman–Crippen LogP) is 2.23. The minimum Gasteiger partial charge on any atom is -0.352 e. The van der Waals surface area contributed by atoms with Gasteiger partial charge in [-0.15, -0.1) is 0 Å². The molecule has 1 atom stereocenters. The summed E-state index contributed by atoms with van der Waals surface area (Å²) in [6, 6.07) is 18.7. The maximum Gasteiger partial charge on any atom is 0.227 e. The number of para-hydroxylation sites is 1. The van der Waals surface area contributed by atoms with Crippen molar-refractivity contribution in [3.63, 3.8) is 0 Å². The van der Waals surface area contributed by atoms with Crippen molar-refractivity contribution in [2.75, 3.05) is 11.4 Å². The van der Waals surface area contributed by atoms with Crippen molar-refractivity contribution in [2.45, 2.75) is 13.0 Å². The van der Waals surface area contributed by atoms with Gasteiger partial charge in [0.15, 0.2) is 0 Å². The second-order valence-electron chi connectivity index (χ2n) is 5.74. The number of nitrogens with one attached hydrogen (secondary N) is 1. The lowest BCUT2D eigenvalue weighted by atomic mass is 10.1. The van der Waals surface area contributed by atoms with E-state index in [0.717, 1.165) is 5.56 Å². The molecule has 24 heavy (non-hydrogen) atoms. The van der Waals surface area contributed by atoms with Crippen LogP contribution in [-0.4, -0.2) is 18.4 Å². The zero-order valence-corrected chi connectivity index (χ0v) is 13.1. The van der Waals surface area contributed by atoms with Gasteiger partial charge in [0.25, 0.3) is 0 Å². The minimum absolute atomic E-state index is 0.127.